The van der Waals surface area contributed by atoms with E-state index in [1.807, 2.05) is 24.3 Å². The molecule has 2 aromatic carbocycles. The van der Waals surface area contributed by atoms with Gasteiger partial charge in [-0.1, -0.05) is 51.8 Å². The summed E-state index contributed by atoms with van der Waals surface area (Å²) in [6.45, 7) is 0.957. The summed E-state index contributed by atoms with van der Waals surface area (Å²) in [6.07, 6.45) is 8.63. The van der Waals surface area contributed by atoms with Crippen LogP contribution in [0, 0.1) is 0 Å². The van der Waals surface area contributed by atoms with E-state index in [1.165, 1.54) is 22.7 Å². The Bertz CT molecular complexity index is 1100. The van der Waals surface area contributed by atoms with Crippen molar-refractivity contribution in [2.75, 3.05) is 13.1 Å². The van der Waals surface area contributed by atoms with Crippen molar-refractivity contribution in [3.63, 3.8) is 0 Å². The van der Waals surface area contributed by atoms with Crippen molar-refractivity contribution >= 4 is 31.9 Å². The fourth-order valence-electron chi connectivity index (χ4n) is 4.61. The van der Waals surface area contributed by atoms with Crippen LogP contribution in [0.25, 0.3) is 0 Å². The van der Waals surface area contributed by atoms with Gasteiger partial charge in [0.2, 0.25) is 15.9 Å². The van der Waals surface area contributed by atoms with Gasteiger partial charge in [-0.3, -0.25) is 4.79 Å². The van der Waals surface area contributed by atoms with Crippen molar-refractivity contribution < 1.29 is 13.2 Å². The number of nitrogens with one attached hydrogen (secondary N) is 1. The maximum Gasteiger partial charge on any atom is 0.243 e. The van der Waals surface area contributed by atoms with Crippen LogP contribution < -0.4 is 5.32 Å². The maximum atomic E-state index is 13.5. The third-order valence-electron chi connectivity index (χ3n) is 6.32. The highest BCUT2D eigenvalue weighted by Gasteiger charge is 2.37. The number of carbonyl (C=O) groups excluding carboxylic acids is 1. The molecule has 5 nitrogen and oxygen atoms in total. The molecule has 2 aromatic rings. The first-order chi connectivity index (χ1) is 15.4. The molecule has 1 heterocycles. The molecule has 0 radical (unpaired) electrons. The summed E-state index contributed by atoms with van der Waals surface area (Å²) in [5.74, 6) is -0.112. The van der Waals surface area contributed by atoms with Gasteiger partial charge in [0.05, 0.1) is 10.9 Å². The lowest BCUT2D eigenvalue weighted by molar-refractivity contribution is -0.122. The summed E-state index contributed by atoms with van der Waals surface area (Å²) < 4.78 is 29.3. The Labute approximate surface area is 199 Å². The van der Waals surface area contributed by atoms with Crippen LogP contribution in [0.4, 0.5) is 0 Å². The van der Waals surface area contributed by atoms with Gasteiger partial charge in [0, 0.05) is 24.0 Å². The van der Waals surface area contributed by atoms with Crippen LogP contribution in [0.15, 0.2) is 69.5 Å². The van der Waals surface area contributed by atoms with Crippen molar-refractivity contribution in [2.24, 2.45) is 0 Å². The highest BCUT2D eigenvalue weighted by molar-refractivity contribution is 9.10. The second-order valence-corrected chi connectivity index (χ2v) is 11.3. The Kier molecular flexibility index (Phi) is 7.48. The predicted molar refractivity (Wildman–Crippen MR) is 130 cm³/mol. The number of nitrogens with zero attached hydrogens (tertiary/aromatic N) is 1. The molecule has 0 unspecified atom stereocenters. The molecule has 0 aromatic heterocycles. The van der Waals surface area contributed by atoms with E-state index >= 15 is 0 Å². The molecule has 1 N–H and O–H groups in total. The average Bonchev–Trinajstić information content (AvgIpc) is 2.80. The Morgan fingerprint density at radius 2 is 1.84 bits per heavy atom. The van der Waals surface area contributed by atoms with Gasteiger partial charge in [-0.15, -0.1) is 0 Å². The standard InChI is InChI=1S/C25H29BrN2O3S/c26-21-10-12-22(13-11-21)32(30,31)28-17-15-20-8-4-5-9-23(20)24(28)18-25(29)27-16-14-19-6-2-1-3-7-19/h4-6,8-13,24H,1-3,7,14-18H2,(H,27,29)/t24-/m1/s1. The van der Waals surface area contributed by atoms with Gasteiger partial charge in [0.25, 0.3) is 0 Å². The van der Waals surface area contributed by atoms with Crippen LogP contribution in [-0.4, -0.2) is 31.7 Å². The van der Waals surface area contributed by atoms with Gasteiger partial charge in [0.1, 0.15) is 0 Å². The van der Waals surface area contributed by atoms with Gasteiger partial charge in [-0.05, 0) is 73.9 Å². The highest BCUT2D eigenvalue weighted by atomic mass is 79.9. The Balaban J connectivity index is 1.52. The zero-order chi connectivity index (χ0) is 22.6. The molecule has 1 atom stereocenters. The lowest BCUT2D eigenvalue weighted by Gasteiger charge is -2.36. The number of carbonyl (C=O) groups is 1. The molecule has 0 saturated carbocycles. The molecule has 0 spiro atoms. The van der Waals surface area contributed by atoms with Crippen molar-refractivity contribution in [1.29, 1.82) is 0 Å². The number of halogens is 1. The minimum atomic E-state index is -3.73. The number of allylic oxidation sites excluding steroid dienone is 1. The van der Waals surface area contributed by atoms with Gasteiger partial charge in [0.15, 0.2) is 0 Å². The number of amides is 1. The number of fused-ring (bicyclic) bond motifs is 1. The summed E-state index contributed by atoms with van der Waals surface area (Å²) in [4.78, 5) is 13.1. The van der Waals surface area contributed by atoms with Gasteiger partial charge in [-0.2, -0.15) is 4.31 Å². The van der Waals surface area contributed by atoms with Crippen molar-refractivity contribution in [1.82, 2.24) is 9.62 Å². The molecule has 4 rings (SSSR count). The Morgan fingerprint density at radius 1 is 1.06 bits per heavy atom. The van der Waals surface area contributed by atoms with Crippen LogP contribution in [0.1, 0.15) is 55.7 Å². The number of hydrogen-bond acceptors (Lipinski definition) is 3. The highest BCUT2D eigenvalue weighted by Crippen LogP contribution is 2.36. The average molecular weight is 517 g/mol. The lowest BCUT2D eigenvalue weighted by atomic mass is 9.92. The molecule has 0 fully saturated rings. The topological polar surface area (TPSA) is 66.5 Å². The van der Waals surface area contributed by atoms with Crippen molar-refractivity contribution in [2.45, 2.75) is 55.9 Å². The third kappa shape index (κ3) is 5.33. The smallest absolute Gasteiger partial charge is 0.243 e. The van der Waals surface area contributed by atoms with E-state index < -0.39 is 16.1 Å². The second-order valence-electron chi connectivity index (χ2n) is 8.45. The van der Waals surface area contributed by atoms with E-state index in [9.17, 15) is 13.2 Å². The van der Waals surface area contributed by atoms with Crippen LogP contribution in [0.3, 0.4) is 0 Å². The van der Waals surface area contributed by atoms with Crippen molar-refractivity contribution in [3.05, 3.63) is 75.8 Å². The molecule has 2 aliphatic rings. The van der Waals surface area contributed by atoms with Gasteiger partial charge in [-0.25, -0.2) is 8.42 Å². The van der Waals surface area contributed by atoms with Crippen LogP contribution in [0.5, 0.6) is 0 Å². The normalized spacial score (nSPS) is 19.2. The molecule has 0 saturated heterocycles. The molecule has 170 valence electrons. The first-order valence-corrected chi connectivity index (χ1v) is 13.5. The minimum Gasteiger partial charge on any atom is -0.356 e. The number of rotatable bonds is 7. The quantitative estimate of drug-likeness (QED) is 0.518. The summed E-state index contributed by atoms with van der Waals surface area (Å²) >= 11 is 3.36. The SMILES string of the molecule is O=C(C[C@@H]1c2ccccc2CCN1S(=O)(=O)c1ccc(Br)cc1)NCCC1=CCCCC1. The molecule has 1 aliphatic carbocycles. The zero-order valence-electron chi connectivity index (χ0n) is 18.1. The molecular weight excluding hydrogens is 488 g/mol. The fraction of sp³-hybridized carbons (Fsp3) is 0.400. The zero-order valence-corrected chi connectivity index (χ0v) is 20.5. The summed E-state index contributed by atoms with van der Waals surface area (Å²) in [5, 5.41) is 3.02. The number of sulfonamides is 1. The maximum absolute atomic E-state index is 13.5. The number of benzene rings is 2. The fourth-order valence-corrected chi connectivity index (χ4v) is 6.48. The Hall–Kier alpha value is -1.96. The largest absolute Gasteiger partial charge is 0.356 e. The Morgan fingerprint density at radius 3 is 2.59 bits per heavy atom. The molecule has 32 heavy (non-hydrogen) atoms. The van der Waals surface area contributed by atoms with Crippen molar-refractivity contribution in [3.8, 4) is 0 Å². The monoisotopic (exact) mass is 516 g/mol. The first-order valence-electron chi connectivity index (χ1n) is 11.2. The van der Waals surface area contributed by atoms with E-state index in [-0.39, 0.29) is 17.2 Å². The van der Waals surface area contributed by atoms with Gasteiger partial charge >= 0.3 is 0 Å². The van der Waals surface area contributed by atoms with Crippen LogP contribution in [0.2, 0.25) is 0 Å². The van der Waals surface area contributed by atoms with E-state index in [2.05, 4.69) is 27.3 Å². The van der Waals surface area contributed by atoms with Crippen LogP contribution in [-0.2, 0) is 21.2 Å². The van der Waals surface area contributed by atoms with E-state index in [4.69, 9.17) is 0 Å². The summed E-state index contributed by atoms with van der Waals surface area (Å²) in [5.41, 5.74) is 3.45. The van der Waals surface area contributed by atoms with E-state index in [0.717, 1.165) is 34.9 Å². The van der Waals surface area contributed by atoms with Gasteiger partial charge < -0.3 is 5.32 Å². The molecule has 0 bridgehead atoms. The molecule has 1 amide bonds. The predicted octanol–water partition coefficient (Wildman–Crippen LogP) is 5.13. The second kappa shape index (κ2) is 10.3. The lowest BCUT2D eigenvalue weighted by Crippen LogP contribution is -2.42. The van der Waals surface area contributed by atoms with Crippen LogP contribution >= 0.6 is 15.9 Å². The minimum absolute atomic E-state index is 0.112. The third-order valence-corrected chi connectivity index (χ3v) is 8.77. The molecular formula is C25H29BrN2O3S. The first kappa shape index (κ1) is 23.2. The molecule has 1 aliphatic heterocycles. The van der Waals surface area contributed by atoms with E-state index in [1.54, 1.807) is 24.3 Å². The number of hydrogen-bond donors (Lipinski definition) is 1. The van der Waals surface area contributed by atoms with E-state index in [0.29, 0.717) is 19.5 Å². The summed E-state index contributed by atoms with van der Waals surface area (Å²) in [7, 11) is -3.73. The summed E-state index contributed by atoms with van der Waals surface area (Å²) in [6, 6.07) is 14.0. The molecule has 7 heteroatoms.